The molecule has 0 aromatic carbocycles. The van der Waals surface area contributed by atoms with E-state index in [0.29, 0.717) is 25.0 Å². The summed E-state index contributed by atoms with van der Waals surface area (Å²) >= 11 is 0. The summed E-state index contributed by atoms with van der Waals surface area (Å²) in [5.74, 6) is -0.811. The summed E-state index contributed by atoms with van der Waals surface area (Å²) in [6.45, 7) is 7.02. The predicted molar refractivity (Wildman–Crippen MR) is 102 cm³/mol. The lowest BCUT2D eigenvalue weighted by Gasteiger charge is -2.06. The van der Waals surface area contributed by atoms with Crippen molar-refractivity contribution in [2.75, 3.05) is 26.5 Å². The van der Waals surface area contributed by atoms with Crippen molar-refractivity contribution in [2.24, 2.45) is 0 Å². The van der Waals surface area contributed by atoms with Gasteiger partial charge in [-0.25, -0.2) is 4.79 Å². The van der Waals surface area contributed by atoms with Crippen molar-refractivity contribution in [3.63, 3.8) is 0 Å². The zero-order valence-electron chi connectivity index (χ0n) is 12.1. The average molecular weight is 369 g/mol. The van der Waals surface area contributed by atoms with Gasteiger partial charge in [-0.05, 0) is 24.3 Å². The van der Waals surface area contributed by atoms with Crippen LogP contribution in [-0.4, -0.2) is 38.4 Å². The first-order valence-corrected chi connectivity index (χ1v) is 8.08. The molecule has 6 nitrogen and oxygen atoms in total. The fourth-order valence-electron chi connectivity index (χ4n) is 1.23. The van der Waals surface area contributed by atoms with Crippen molar-refractivity contribution in [2.45, 2.75) is 62.3 Å². The minimum absolute atomic E-state index is 0. The van der Waals surface area contributed by atoms with E-state index in [0.717, 1.165) is 12.8 Å². The van der Waals surface area contributed by atoms with Crippen molar-refractivity contribution < 1.29 is 28.2 Å². The number of hydrogen-bond donors (Lipinski definition) is 0. The number of hydrogen-bond acceptors (Lipinski definition) is 6. The predicted octanol–water partition coefficient (Wildman–Crippen LogP) is 5.14. The molecule has 0 aliphatic heterocycles. The lowest BCUT2D eigenvalue weighted by molar-refractivity contribution is -0.150. The summed E-state index contributed by atoms with van der Waals surface area (Å²) in [5, 5.41) is 0. The Balaban J connectivity index is -0.000000301. The zero-order chi connectivity index (χ0) is 15.4. The molecule has 0 aliphatic carbocycles. The van der Waals surface area contributed by atoms with E-state index in [1.165, 1.54) is 6.66 Å². The number of unbranched alkanes of at least 4 members (excludes halogenated alkanes) is 2. The normalized spacial score (nSPS) is 9.00. The molecule has 0 bridgehead atoms. The van der Waals surface area contributed by atoms with Crippen molar-refractivity contribution in [1.82, 2.24) is 0 Å². The summed E-state index contributed by atoms with van der Waals surface area (Å²) in [6.07, 6.45) is 2.57. The Bertz CT molecular complexity index is 355. The van der Waals surface area contributed by atoms with Crippen LogP contribution in [0.25, 0.3) is 0 Å². The van der Waals surface area contributed by atoms with Gasteiger partial charge in [0.05, 0.1) is 0 Å². The summed E-state index contributed by atoms with van der Waals surface area (Å²) < 4.78 is 25.2. The van der Waals surface area contributed by atoms with Gasteiger partial charge in [0, 0.05) is 12.0 Å². The van der Waals surface area contributed by atoms with Crippen LogP contribution in [0.1, 0.15) is 62.3 Å². The van der Waals surface area contributed by atoms with Gasteiger partial charge in [0.15, 0.2) is 6.66 Å². The Morgan fingerprint density at radius 2 is 1.46 bits per heavy atom. The molecule has 1 unspecified atom stereocenters. The molecular formula is C17H38O6P+. The van der Waals surface area contributed by atoms with Crippen LogP contribution in [0.4, 0.5) is 0 Å². The van der Waals surface area contributed by atoms with E-state index >= 15 is 0 Å². The molecular weight excluding hydrogens is 331 g/mol. The summed E-state index contributed by atoms with van der Waals surface area (Å²) in [4.78, 5) is 22.3. The number of rotatable bonds is 11. The molecule has 0 spiro atoms. The Morgan fingerprint density at radius 1 is 0.917 bits per heavy atom. The van der Waals surface area contributed by atoms with Crippen LogP contribution in [0.2, 0.25) is 0 Å². The van der Waals surface area contributed by atoms with Gasteiger partial charge in [0.2, 0.25) is 0 Å². The van der Waals surface area contributed by atoms with E-state index in [2.05, 4.69) is 6.58 Å². The quantitative estimate of drug-likeness (QED) is 0.217. The van der Waals surface area contributed by atoms with Gasteiger partial charge in [-0.1, -0.05) is 42.7 Å². The lowest BCUT2D eigenvalue weighted by Crippen LogP contribution is -2.14. The highest BCUT2D eigenvalue weighted by Crippen LogP contribution is 2.15. The largest absolute Gasteiger partial charge is 0.504 e. The Kier molecular flexibility index (Phi) is 30.9. The molecule has 0 amide bonds. The Hall–Kier alpha value is -1.26. The summed E-state index contributed by atoms with van der Waals surface area (Å²) in [6, 6.07) is 0. The zero-order valence-corrected chi connectivity index (χ0v) is 12.9. The molecule has 0 radical (unpaired) electrons. The molecule has 0 aromatic rings. The van der Waals surface area contributed by atoms with E-state index in [9.17, 15) is 14.2 Å². The molecule has 0 saturated heterocycles. The Labute approximate surface area is 149 Å². The monoisotopic (exact) mass is 369 g/mol. The molecule has 24 heavy (non-hydrogen) atoms. The highest BCUT2D eigenvalue weighted by Gasteiger charge is 2.07. The van der Waals surface area contributed by atoms with Crippen molar-refractivity contribution in [3.8, 4) is 0 Å². The molecule has 0 N–H and O–H groups in total. The minimum atomic E-state index is -1.54. The second-order valence-electron chi connectivity index (χ2n) is 4.22. The Morgan fingerprint density at radius 3 is 1.96 bits per heavy atom. The third-order valence-corrected chi connectivity index (χ3v) is 2.77. The second kappa shape index (κ2) is 21.7. The first kappa shape index (κ1) is 34.2. The summed E-state index contributed by atoms with van der Waals surface area (Å²) in [5.41, 5.74) is 0.312. The van der Waals surface area contributed by atoms with Gasteiger partial charge < -0.3 is 9.47 Å². The van der Waals surface area contributed by atoms with Gasteiger partial charge >= 0.3 is 20.0 Å². The number of esters is 2. The van der Waals surface area contributed by atoms with Crippen molar-refractivity contribution in [1.29, 1.82) is 0 Å². The smallest absolute Gasteiger partial charge is 0.462 e. The fraction of sp³-hybridized carbons (Fsp3) is 0.765. The number of carbonyl (C=O) groups excluding carboxylic acids is 2. The molecule has 7 heteroatoms. The third kappa shape index (κ3) is 23.0. The minimum Gasteiger partial charge on any atom is -0.462 e. The maximum atomic E-state index is 11.3. The van der Waals surface area contributed by atoms with E-state index in [1.54, 1.807) is 6.92 Å². The van der Waals surface area contributed by atoms with Gasteiger partial charge in [-0.15, -0.1) is 4.52 Å². The van der Waals surface area contributed by atoms with E-state index in [4.69, 9.17) is 14.0 Å². The van der Waals surface area contributed by atoms with Crippen molar-refractivity contribution in [3.05, 3.63) is 12.2 Å². The highest BCUT2D eigenvalue weighted by atomic mass is 31.1. The van der Waals surface area contributed by atoms with Crippen LogP contribution in [0.15, 0.2) is 12.2 Å². The molecule has 0 rings (SSSR count). The maximum absolute atomic E-state index is 11.3. The fourth-order valence-corrected chi connectivity index (χ4v) is 1.61. The average Bonchev–Trinajstić information content (AvgIpc) is 2.37. The number of ether oxygens (including phenoxy) is 2. The molecule has 0 aromatic heterocycles. The van der Waals surface area contributed by atoms with E-state index in [-0.39, 0.29) is 48.9 Å². The van der Waals surface area contributed by atoms with Crippen LogP contribution in [0.3, 0.4) is 0 Å². The van der Waals surface area contributed by atoms with Crippen LogP contribution in [0, 0.1) is 0 Å². The molecule has 146 valence electrons. The SMILES string of the molecule is C.C.C.C.C=C(C)C(=O)OCCOC(=O)CCCCCO[P+](C)=O. The molecule has 0 fully saturated rings. The molecule has 1 atom stereocenters. The maximum Gasteiger partial charge on any atom is 0.504 e. The second-order valence-corrected chi connectivity index (χ2v) is 5.36. The van der Waals surface area contributed by atoms with Crippen LogP contribution in [-0.2, 0) is 28.2 Å². The van der Waals surface area contributed by atoms with Crippen LogP contribution < -0.4 is 0 Å². The topological polar surface area (TPSA) is 78.9 Å². The molecule has 0 heterocycles. The first-order valence-electron chi connectivity index (χ1n) is 6.45. The summed E-state index contributed by atoms with van der Waals surface area (Å²) in [7, 11) is -1.54. The van der Waals surface area contributed by atoms with Crippen molar-refractivity contribution >= 4 is 20.0 Å². The van der Waals surface area contributed by atoms with Gasteiger partial charge in [0.25, 0.3) is 0 Å². The molecule has 0 aliphatic rings. The molecule has 0 saturated carbocycles. The van der Waals surface area contributed by atoms with Gasteiger partial charge in [0.1, 0.15) is 19.8 Å². The van der Waals surface area contributed by atoms with Gasteiger partial charge in [-0.2, -0.15) is 0 Å². The van der Waals surface area contributed by atoms with Gasteiger partial charge in [-0.3, -0.25) is 4.79 Å². The van der Waals surface area contributed by atoms with E-state index < -0.39 is 14.0 Å². The van der Waals surface area contributed by atoms with Crippen LogP contribution in [0.5, 0.6) is 0 Å². The van der Waals surface area contributed by atoms with Crippen LogP contribution >= 0.6 is 8.03 Å². The van der Waals surface area contributed by atoms with E-state index in [1.807, 2.05) is 0 Å². The highest BCUT2D eigenvalue weighted by molar-refractivity contribution is 7.38. The number of carbonyl (C=O) groups is 2. The lowest BCUT2D eigenvalue weighted by atomic mass is 10.2. The standard InChI is InChI=1S/C13H22O6P.4CH4/c1-11(2)13(15)18-10-9-17-12(14)7-5-4-6-8-19-20(3)16;;;;/h1,4-10H2,2-3H3;4*1H4/q+1;;;;. The third-order valence-electron chi connectivity index (χ3n) is 2.23. The first-order chi connectivity index (χ1) is 9.43.